The molecule has 0 radical (unpaired) electrons. The Morgan fingerprint density at radius 2 is 2.05 bits per heavy atom. The van der Waals surface area contributed by atoms with Crippen LogP contribution in [0.2, 0.25) is 9.36 Å². The highest BCUT2D eigenvalue weighted by Gasteiger charge is 2.06. The second-order valence-electron chi connectivity index (χ2n) is 4.55. The van der Waals surface area contributed by atoms with Gasteiger partial charge >= 0.3 is 0 Å². The number of hydrogen-bond donors (Lipinski definition) is 2. The van der Waals surface area contributed by atoms with Crippen LogP contribution in [0.25, 0.3) is 0 Å². The molecule has 1 amide bonds. The van der Waals surface area contributed by atoms with Crippen LogP contribution in [-0.2, 0) is 11.3 Å². The van der Waals surface area contributed by atoms with Crippen molar-refractivity contribution < 1.29 is 4.79 Å². The lowest BCUT2D eigenvalue weighted by molar-refractivity contribution is -0.116. The largest absolute Gasteiger partial charge is 0.380 e. The Balaban J connectivity index is 1.96. The molecule has 1 aromatic carbocycles. The van der Waals surface area contributed by atoms with E-state index in [1.807, 2.05) is 25.1 Å². The standard InChI is InChI=1S/C15H16Cl2N2OS/c1-2-3-15(20)19-13-6-4-10(8-12(13)16)18-9-11-5-7-14(17)21-11/h4-8,18H,2-3,9H2,1H3,(H,19,20). The van der Waals surface area contributed by atoms with E-state index in [4.69, 9.17) is 23.2 Å². The highest BCUT2D eigenvalue weighted by molar-refractivity contribution is 7.16. The maximum atomic E-state index is 11.6. The Morgan fingerprint density at radius 1 is 1.24 bits per heavy atom. The first kappa shape index (κ1) is 16.1. The first-order valence-corrected chi connectivity index (χ1v) is 8.23. The molecule has 0 aliphatic heterocycles. The molecule has 1 heterocycles. The van der Waals surface area contributed by atoms with Gasteiger partial charge in [0.1, 0.15) is 0 Å². The third-order valence-electron chi connectivity index (χ3n) is 2.82. The number of anilines is 2. The summed E-state index contributed by atoms with van der Waals surface area (Å²) in [6.45, 7) is 2.65. The van der Waals surface area contributed by atoms with Crippen LogP contribution < -0.4 is 10.6 Å². The fourth-order valence-corrected chi connectivity index (χ4v) is 3.06. The summed E-state index contributed by atoms with van der Waals surface area (Å²) >= 11 is 13.6. The molecule has 0 saturated heterocycles. The van der Waals surface area contributed by atoms with Crippen LogP contribution in [0.1, 0.15) is 24.6 Å². The Hall–Kier alpha value is -1.23. The summed E-state index contributed by atoms with van der Waals surface area (Å²) in [5.74, 6) is -0.0201. The smallest absolute Gasteiger partial charge is 0.224 e. The van der Waals surface area contributed by atoms with E-state index in [2.05, 4.69) is 10.6 Å². The second kappa shape index (κ2) is 7.69. The van der Waals surface area contributed by atoms with Crippen LogP contribution in [0, 0.1) is 0 Å². The van der Waals surface area contributed by atoms with Crippen molar-refractivity contribution in [2.45, 2.75) is 26.3 Å². The average Bonchev–Trinajstić information content (AvgIpc) is 2.85. The molecule has 21 heavy (non-hydrogen) atoms. The molecule has 1 aromatic heterocycles. The van der Waals surface area contributed by atoms with Crippen molar-refractivity contribution in [1.29, 1.82) is 0 Å². The Morgan fingerprint density at radius 3 is 2.67 bits per heavy atom. The van der Waals surface area contributed by atoms with Gasteiger partial charge in [0.05, 0.1) is 15.0 Å². The molecule has 0 aliphatic rings. The summed E-state index contributed by atoms with van der Waals surface area (Å²) in [7, 11) is 0. The third kappa shape index (κ3) is 4.92. The zero-order chi connectivity index (χ0) is 15.2. The van der Waals surface area contributed by atoms with Gasteiger partial charge in [-0.25, -0.2) is 0 Å². The molecule has 0 saturated carbocycles. The van der Waals surface area contributed by atoms with Gasteiger partial charge in [0.15, 0.2) is 0 Å². The van der Waals surface area contributed by atoms with Crippen LogP contribution in [-0.4, -0.2) is 5.91 Å². The van der Waals surface area contributed by atoms with Crippen molar-refractivity contribution in [3.63, 3.8) is 0 Å². The number of halogens is 2. The molecule has 0 atom stereocenters. The van der Waals surface area contributed by atoms with Gasteiger partial charge in [-0.1, -0.05) is 30.1 Å². The first-order chi connectivity index (χ1) is 10.1. The SMILES string of the molecule is CCCC(=O)Nc1ccc(NCc2ccc(Cl)s2)cc1Cl. The zero-order valence-corrected chi connectivity index (χ0v) is 13.9. The normalized spacial score (nSPS) is 10.4. The topological polar surface area (TPSA) is 41.1 Å². The van der Waals surface area contributed by atoms with Gasteiger partial charge in [0, 0.05) is 23.5 Å². The number of nitrogens with one attached hydrogen (secondary N) is 2. The number of carbonyl (C=O) groups excluding carboxylic acids is 1. The number of hydrogen-bond acceptors (Lipinski definition) is 3. The highest BCUT2D eigenvalue weighted by Crippen LogP contribution is 2.27. The molecule has 0 aliphatic carbocycles. The molecule has 0 spiro atoms. The highest BCUT2D eigenvalue weighted by atomic mass is 35.5. The van der Waals surface area contributed by atoms with Crippen LogP contribution in [0.15, 0.2) is 30.3 Å². The lowest BCUT2D eigenvalue weighted by atomic mass is 10.2. The van der Waals surface area contributed by atoms with Crippen molar-refractivity contribution in [3.05, 3.63) is 44.6 Å². The Bertz CT molecular complexity index is 628. The first-order valence-electron chi connectivity index (χ1n) is 6.66. The molecule has 0 fully saturated rings. The van der Waals surface area contributed by atoms with Crippen LogP contribution in [0.4, 0.5) is 11.4 Å². The predicted molar refractivity (Wildman–Crippen MR) is 91.6 cm³/mol. The molecule has 2 N–H and O–H groups in total. The fraction of sp³-hybridized carbons (Fsp3) is 0.267. The predicted octanol–water partition coefficient (Wildman–Crippen LogP) is 5.41. The number of thiophene rings is 1. The van der Waals surface area contributed by atoms with Crippen LogP contribution in [0.3, 0.4) is 0 Å². The van der Waals surface area contributed by atoms with Crippen molar-refractivity contribution in [3.8, 4) is 0 Å². The van der Waals surface area contributed by atoms with E-state index >= 15 is 0 Å². The summed E-state index contributed by atoms with van der Waals surface area (Å²) in [6, 6.07) is 9.37. The van der Waals surface area contributed by atoms with E-state index in [1.54, 1.807) is 23.5 Å². The van der Waals surface area contributed by atoms with Gasteiger partial charge in [0.25, 0.3) is 0 Å². The molecule has 6 heteroatoms. The van der Waals surface area contributed by atoms with E-state index in [0.717, 1.165) is 21.3 Å². The van der Waals surface area contributed by atoms with E-state index in [-0.39, 0.29) is 5.91 Å². The van der Waals surface area contributed by atoms with E-state index in [1.165, 1.54) is 0 Å². The Kier molecular flexibility index (Phi) is 5.91. The summed E-state index contributed by atoms with van der Waals surface area (Å²) in [4.78, 5) is 12.7. The maximum absolute atomic E-state index is 11.6. The summed E-state index contributed by atoms with van der Waals surface area (Å²) < 4.78 is 0.777. The Labute approximate surface area is 138 Å². The maximum Gasteiger partial charge on any atom is 0.224 e. The summed E-state index contributed by atoms with van der Waals surface area (Å²) in [5, 5.41) is 6.60. The van der Waals surface area contributed by atoms with Crippen molar-refractivity contribution in [2.75, 3.05) is 10.6 Å². The second-order valence-corrected chi connectivity index (χ2v) is 6.76. The molecular formula is C15H16Cl2N2OS. The number of rotatable bonds is 6. The number of carbonyl (C=O) groups is 1. The van der Waals surface area contributed by atoms with Gasteiger partial charge in [0.2, 0.25) is 5.91 Å². The van der Waals surface area contributed by atoms with Crippen molar-refractivity contribution >= 4 is 51.8 Å². The quantitative estimate of drug-likeness (QED) is 0.737. The van der Waals surface area contributed by atoms with Gasteiger partial charge in [-0.05, 0) is 36.8 Å². The zero-order valence-electron chi connectivity index (χ0n) is 11.6. The summed E-state index contributed by atoms with van der Waals surface area (Å²) in [6.07, 6.45) is 1.31. The van der Waals surface area contributed by atoms with Gasteiger partial charge in [-0.15, -0.1) is 11.3 Å². The van der Waals surface area contributed by atoms with Crippen molar-refractivity contribution in [1.82, 2.24) is 0 Å². The lowest BCUT2D eigenvalue weighted by Gasteiger charge is -2.10. The van der Waals surface area contributed by atoms with Crippen LogP contribution in [0.5, 0.6) is 0 Å². The summed E-state index contributed by atoms with van der Waals surface area (Å²) in [5.41, 5.74) is 1.54. The van der Waals surface area contributed by atoms with Gasteiger partial charge in [-0.2, -0.15) is 0 Å². The molecule has 0 bridgehead atoms. The minimum Gasteiger partial charge on any atom is -0.380 e. The number of amides is 1. The van der Waals surface area contributed by atoms with E-state index < -0.39 is 0 Å². The molecular weight excluding hydrogens is 327 g/mol. The minimum absolute atomic E-state index is 0.0201. The lowest BCUT2D eigenvalue weighted by Crippen LogP contribution is -2.11. The fourth-order valence-electron chi connectivity index (χ4n) is 1.80. The monoisotopic (exact) mass is 342 g/mol. The molecule has 0 unspecified atom stereocenters. The van der Waals surface area contributed by atoms with Gasteiger partial charge in [-0.3, -0.25) is 4.79 Å². The molecule has 112 valence electrons. The van der Waals surface area contributed by atoms with Crippen LogP contribution >= 0.6 is 34.5 Å². The van der Waals surface area contributed by atoms with E-state index in [9.17, 15) is 4.79 Å². The minimum atomic E-state index is -0.0201. The molecule has 3 nitrogen and oxygen atoms in total. The molecule has 2 aromatic rings. The van der Waals surface area contributed by atoms with Gasteiger partial charge < -0.3 is 10.6 Å². The van der Waals surface area contributed by atoms with Crippen molar-refractivity contribution in [2.24, 2.45) is 0 Å². The molecule has 2 rings (SSSR count). The van der Waals surface area contributed by atoms with E-state index in [0.29, 0.717) is 23.7 Å². The number of benzene rings is 1. The average molecular weight is 343 g/mol. The third-order valence-corrected chi connectivity index (χ3v) is 4.36.